The van der Waals surface area contributed by atoms with E-state index in [1.54, 1.807) is 11.8 Å². The van der Waals surface area contributed by atoms with Crippen molar-refractivity contribution in [2.24, 2.45) is 5.92 Å². The van der Waals surface area contributed by atoms with Gasteiger partial charge in [-0.05, 0) is 37.2 Å². The number of ether oxygens (including phenoxy) is 1. The summed E-state index contributed by atoms with van der Waals surface area (Å²) in [6.07, 6.45) is 0. The molecular formula is C21H31Cl3N4O2. The van der Waals surface area contributed by atoms with E-state index in [-0.39, 0.29) is 30.4 Å². The second-order valence-corrected chi connectivity index (χ2v) is 8.27. The van der Waals surface area contributed by atoms with Crippen LogP contribution in [0.5, 0.6) is 5.75 Å². The summed E-state index contributed by atoms with van der Waals surface area (Å²) in [5, 5.41) is 5.15. The molecule has 1 aliphatic heterocycles. The quantitative estimate of drug-likeness (QED) is 0.633. The summed E-state index contributed by atoms with van der Waals surface area (Å²) < 4.78 is 6.85. The molecule has 1 aromatic heterocycles. The number of rotatable bonds is 6. The molecule has 0 amide bonds. The summed E-state index contributed by atoms with van der Waals surface area (Å²) in [5.41, 5.74) is 2.41. The fraction of sp³-hybridized carbons (Fsp3) is 0.524. The smallest absolute Gasteiger partial charge is 0.271 e. The number of halogens is 3. The Bertz CT molecular complexity index is 881. The Morgan fingerprint density at radius 1 is 1.13 bits per heavy atom. The van der Waals surface area contributed by atoms with Crippen molar-refractivity contribution in [2.45, 2.75) is 26.9 Å². The van der Waals surface area contributed by atoms with Crippen LogP contribution < -0.4 is 10.3 Å². The van der Waals surface area contributed by atoms with Gasteiger partial charge >= 0.3 is 0 Å². The van der Waals surface area contributed by atoms with Crippen molar-refractivity contribution in [3.63, 3.8) is 0 Å². The van der Waals surface area contributed by atoms with Crippen LogP contribution in [-0.2, 0) is 13.1 Å². The summed E-state index contributed by atoms with van der Waals surface area (Å²) >= 11 is 6.31. The lowest BCUT2D eigenvalue weighted by Gasteiger charge is -2.32. The van der Waals surface area contributed by atoms with Crippen molar-refractivity contribution < 1.29 is 4.74 Å². The van der Waals surface area contributed by atoms with Crippen LogP contribution >= 0.6 is 36.4 Å². The van der Waals surface area contributed by atoms with Gasteiger partial charge in [-0.2, -0.15) is 5.10 Å². The molecule has 0 spiro atoms. The Hall–Kier alpha value is -1.31. The van der Waals surface area contributed by atoms with Gasteiger partial charge in [-0.1, -0.05) is 25.4 Å². The van der Waals surface area contributed by atoms with E-state index >= 15 is 0 Å². The molecule has 1 aromatic carbocycles. The van der Waals surface area contributed by atoms with E-state index in [9.17, 15) is 4.79 Å². The minimum absolute atomic E-state index is 0. The van der Waals surface area contributed by atoms with Crippen molar-refractivity contribution in [1.82, 2.24) is 19.6 Å². The Morgan fingerprint density at radius 2 is 1.80 bits per heavy atom. The first-order chi connectivity index (χ1) is 13.4. The number of aromatic nitrogens is 2. The van der Waals surface area contributed by atoms with Gasteiger partial charge in [0, 0.05) is 50.4 Å². The maximum absolute atomic E-state index is 13.0. The van der Waals surface area contributed by atoms with E-state index < -0.39 is 0 Å². The zero-order chi connectivity index (χ0) is 20.3. The summed E-state index contributed by atoms with van der Waals surface area (Å²) in [6, 6.07) is 7.51. The molecule has 0 aliphatic carbocycles. The molecule has 9 heteroatoms. The Labute approximate surface area is 196 Å². The first-order valence-corrected chi connectivity index (χ1v) is 10.1. The van der Waals surface area contributed by atoms with Crippen molar-refractivity contribution in [3.05, 3.63) is 45.2 Å². The Balaban J connectivity index is 0.00000225. The van der Waals surface area contributed by atoms with Crippen LogP contribution in [0.4, 0.5) is 0 Å². The van der Waals surface area contributed by atoms with Gasteiger partial charge in [-0.15, -0.1) is 24.8 Å². The molecule has 6 nitrogen and oxygen atoms in total. The van der Waals surface area contributed by atoms with Gasteiger partial charge in [-0.3, -0.25) is 9.69 Å². The molecule has 2 heterocycles. The van der Waals surface area contributed by atoms with Crippen LogP contribution in [0, 0.1) is 5.92 Å². The standard InChI is InChI=1S/C21H29ClN4O2.2ClH/c1-15(2)13-26-21(27)17(14-25-9-7-24(3)8-10-25)12-19(23-26)16-5-6-20(28-4)18(22)11-16;;/h5-6,11-12,15H,7-10,13-14H2,1-4H3;2*1H. The fourth-order valence-electron chi connectivity index (χ4n) is 3.39. The van der Waals surface area contributed by atoms with Crippen LogP contribution in [0.2, 0.25) is 5.02 Å². The number of hydrogen-bond donors (Lipinski definition) is 0. The van der Waals surface area contributed by atoms with E-state index in [4.69, 9.17) is 16.3 Å². The lowest BCUT2D eigenvalue weighted by Crippen LogP contribution is -2.45. The monoisotopic (exact) mass is 476 g/mol. The molecule has 0 radical (unpaired) electrons. The third-order valence-corrected chi connectivity index (χ3v) is 5.32. The van der Waals surface area contributed by atoms with Crippen molar-refractivity contribution in [1.29, 1.82) is 0 Å². The maximum atomic E-state index is 13.0. The normalized spacial score (nSPS) is 14.9. The van der Waals surface area contributed by atoms with Gasteiger partial charge in [0.2, 0.25) is 0 Å². The van der Waals surface area contributed by atoms with Gasteiger partial charge in [0.15, 0.2) is 0 Å². The van der Waals surface area contributed by atoms with Crippen LogP contribution in [-0.4, -0.2) is 59.9 Å². The number of methoxy groups -OCH3 is 1. The molecule has 2 aromatic rings. The van der Waals surface area contributed by atoms with Crippen molar-refractivity contribution in [2.75, 3.05) is 40.3 Å². The van der Waals surface area contributed by atoms with E-state index in [2.05, 4.69) is 35.8 Å². The third kappa shape index (κ3) is 6.59. The molecule has 0 atom stereocenters. The minimum atomic E-state index is -0.00372. The molecule has 3 rings (SSSR count). The van der Waals surface area contributed by atoms with Crippen LogP contribution in [0.25, 0.3) is 11.3 Å². The number of hydrogen-bond acceptors (Lipinski definition) is 5. The van der Waals surface area contributed by atoms with E-state index in [0.717, 1.165) is 43.0 Å². The zero-order valence-corrected chi connectivity index (χ0v) is 20.3. The Morgan fingerprint density at radius 3 is 2.37 bits per heavy atom. The van der Waals surface area contributed by atoms with Gasteiger partial charge in [0.25, 0.3) is 5.56 Å². The molecule has 0 saturated carbocycles. The predicted octanol–water partition coefficient (Wildman–Crippen LogP) is 3.82. The van der Waals surface area contributed by atoms with Crippen molar-refractivity contribution >= 4 is 36.4 Å². The summed E-state index contributed by atoms with van der Waals surface area (Å²) in [4.78, 5) is 17.7. The lowest BCUT2D eigenvalue weighted by atomic mass is 10.1. The molecule has 1 aliphatic rings. The minimum Gasteiger partial charge on any atom is -0.495 e. The summed E-state index contributed by atoms with van der Waals surface area (Å²) in [6.45, 7) is 9.38. The lowest BCUT2D eigenvalue weighted by molar-refractivity contribution is 0.147. The van der Waals surface area contributed by atoms with Crippen molar-refractivity contribution in [3.8, 4) is 17.0 Å². The topological polar surface area (TPSA) is 50.6 Å². The van der Waals surface area contributed by atoms with Crippen LogP contribution in [0.15, 0.2) is 29.1 Å². The summed E-state index contributed by atoms with van der Waals surface area (Å²) in [7, 11) is 3.72. The molecule has 168 valence electrons. The van der Waals surface area contributed by atoms with Gasteiger partial charge < -0.3 is 9.64 Å². The first kappa shape index (κ1) is 26.7. The largest absolute Gasteiger partial charge is 0.495 e. The zero-order valence-electron chi connectivity index (χ0n) is 17.9. The highest BCUT2D eigenvalue weighted by Crippen LogP contribution is 2.29. The van der Waals surface area contributed by atoms with Crippen LogP contribution in [0.1, 0.15) is 19.4 Å². The number of nitrogens with zero attached hydrogens (tertiary/aromatic N) is 4. The molecule has 0 bridgehead atoms. The first-order valence-electron chi connectivity index (χ1n) is 9.73. The second-order valence-electron chi connectivity index (χ2n) is 7.86. The van der Waals surface area contributed by atoms with E-state index in [0.29, 0.717) is 29.8 Å². The van der Waals surface area contributed by atoms with E-state index in [1.807, 2.05) is 24.3 Å². The van der Waals surface area contributed by atoms with Gasteiger partial charge in [0.1, 0.15) is 5.75 Å². The maximum Gasteiger partial charge on any atom is 0.271 e. The number of piperazine rings is 1. The molecule has 1 fully saturated rings. The van der Waals surface area contributed by atoms with E-state index in [1.165, 1.54) is 0 Å². The highest BCUT2D eigenvalue weighted by molar-refractivity contribution is 6.32. The molecule has 0 N–H and O–H groups in total. The molecule has 1 saturated heterocycles. The summed E-state index contributed by atoms with van der Waals surface area (Å²) in [5.74, 6) is 0.954. The highest BCUT2D eigenvalue weighted by atomic mass is 35.5. The highest BCUT2D eigenvalue weighted by Gasteiger charge is 2.18. The number of likely N-dealkylation sites (N-methyl/N-ethyl adjacent to an activating group) is 1. The Kier molecular flexibility index (Phi) is 10.6. The fourth-order valence-corrected chi connectivity index (χ4v) is 3.65. The average Bonchev–Trinajstić information content (AvgIpc) is 2.66. The molecule has 30 heavy (non-hydrogen) atoms. The number of benzene rings is 1. The van der Waals surface area contributed by atoms with Crippen LogP contribution in [0.3, 0.4) is 0 Å². The molecule has 0 unspecified atom stereocenters. The predicted molar refractivity (Wildman–Crippen MR) is 128 cm³/mol. The average molecular weight is 478 g/mol. The van der Waals surface area contributed by atoms with Gasteiger partial charge in [0.05, 0.1) is 17.8 Å². The second kappa shape index (κ2) is 11.9. The molecular weight excluding hydrogens is 447 g/mol. The van der Waals surface area contributed by atoms with Gasteiger partial charge in [-0.25, -0.2) is 4.68 Å². The SMILES string of the molecule is COc1ccc(-c2cc(CN3CCN(C)CC3)c(=O)n(CC(C)C)n2)cc1Cl.Cl.Cl. The third-order valence-electron chi connectivity index (χ3n) is 5.02.